The summed E-state index contributed by atoms with van der Waals surface area (Å²) < 4.78 is 0. The summed E-state index contributed by atoms with van der Waals surface area (Å²) in [4.78, 5) is 185. The SMILES string of the molecule is CSCC[C@H](NC(=O)[C@@H](CC(C)C)NC(=O)CNC(=O)[C@H](Cc1ccccc1)NC(=O)[C@@H](Cc1ccccc1)NC(=O)[C@@H](CCC(N)=O)NC(=O)[C@H](CCC(N)=O)NC(=O)[C@H]1CCCN1C(=O)[C@@H](CCCCN)NC(=O)[C@@H]1CCCN1C(=O)[C@@H](N)CCCN=C(N)N)C(N)=O. The number of unbranched alkanes of at least 4 members (excludes halogenated alkanes) is 1. The number of thioether (sulfide) groups is 1. The van der Waals surface area contributed by atoms with E-state index in [9.17, 15) is 62.3 Å². The smallest absolute Gasteiger partial charge is 0.245 e. The monoisotopic (exact) mass is 1350 g/mol. The number of benzene rings is 2. The number of aliphatic imine (C=N–C) groups is 1. The van der Waals surface area contributed by atoms with E-state index in [1.165, 1.54) is 21.6 Å². The first-order chi connectivity index (χ1) is 45.2. The van der Waals surface area contributed by atoms with Crippen LogP contribution in [-0.2, 0) is 75.2 Å². The molecule has 0 spiro atoms. The highest BCUT2D eigenvalue weighted by atomic mass is 32.2. The fourth-order valence-corrected chi connectivity index (χ4v) is 11.5. The molecule has 2 aromatic carbocycles. The van der Waals surface area contributed by atoms with Crippen LogP contribution in [0.2, 0.25) is 0 Å². The van der Waals surface area contributed by atoms with Crippen molar-refractivity contribution < 1.29 is 62.3 Å². The number of primary amides is 3. The van der Waals surface area contributed by atoms with Crippen LogP contribution in [0.1, 0.15) is 121 Å². The van der Waals surface area contributed by atoms with Gasteiger partial charge in [0.1, 0.15) is 54.4 Å². The third-order valence-corrected chi connectivity index (χ3v) is 16.7. The topological polar surface area (TPSA) is 519 Å². The predicted molar refractivity (Wildman–Crippen MR) is 356 cm³/mol. The molecule has 32 heteroatoms. The number of nitrogens with two attached hydrogens (primary N) is 7. The third kappa shape index (κ3) is 27.5. The zero-order valence-corrected chi connectivity index (χ0v) is 55.3. The molecule has 0 bridgehead atoms. The summed E-state index contributed by atoms with van der Waals surface area (Å²) in [6.45, 7) is 3.86. The highest BCUT2D eigenvalue weighted by Gasteiger charge is 2.42. The van der Waals surface area contributed by atoms with Crippen LogP contribution in [0.4, 0.5) is 0 Å². The molecule has 2 aliphatic rings. The van der Waals surface area contributed by atoms with Gasteiger partial charge in [0.2, 0.25) is 76.8 Å². The maximum atomic E-state index is 14.7. The Hall–Kier alpha value is -8.91. The molecular formula is C63H98N18O13S. The molecule has 4 rings (SSSR count). The summed E-state index contributed by atoms with van der Waals surface area (Å²) in [7, 11) is 0. The molecule has 2 saturated heterocycles. The summed E-state index contributed by atoms with van der Waals surface area (Å²) in [5.74, 6) is -9.80. The number of carbonyl (C=O) groups excluding carboxylic acids is 13. The molecular weight excluding hydrogens is 1250 g/mol. The van der Waals surface area contributed by atoms with Crippen molar-refractivity contribution in [1.29, 1.82) is 0 Å². The van der Waals surface area contributed by atoms with Gasteiger partial charge in [0, 0.05) is 45.3 Å². The molecule has 0 unspecified atom stereocenters. The lowest BCUT2D eigenvalue weighted by Crippen LogP contribution is -2.60. The van der Waals surface area contributed by atoms with E-state index in [0.717, 1.165) is 0 Å². The zero-order valence-electron chi connectivity index (χ0n) is 54.5. The Morgan fingerprint density at radius 3 is 1.51 bits per heavy atom. The molecule has 2 fully saturated rings. The van der Waals surface area contributed by atoms with E-state index < -0.39 is 169 Å². The van der Waals surface area contributed by atoms with Gasteiger partial charge in [-0.25, -0.2) is 0 Å². The molecule has 2 aliphatic heterocycles. The maximum absolute atomic E-state index is 14.7. The van der Waals surface area contributed by atoms with Crippen molar-refractivity contribution in [2.75, 3.05) is 44.7 Å². The summed E-state index contributed by atoms with van der Waals surface area (Å²) in [5.41, 5.74) is 40.6. The van der Waals surface area contributed by atoms with Gasteiger partial charge in [0.25, 0.3) is 0 Å². The highest BCUT2D eigenvalue weighted by molar-refractivity contribution is 7.98. The Morgan fingerprint density at radius 1 is 0.537 bits per heavy atom. The fraction of sp³-hybridized carbons (Fsp3) is 0.587. The van der Waals surface area contributed by atoms with Gasteiger partial charge in [-0.1, -0.05) is 74.5 Å². The van der Waals surface area contributed by atoms with Crippen molar-refractivity contribution in [3.05, 3.63) is 71.8 Å². The molecule has 95 heavy (non-hydrogen) atoms. The molecule has 0 aliphatic carbocycles. The van der Waals surface area contributed by atoms with Gasteiger partial charge < -0.3 is 92.5 Å². The minimum absolute atomic E-state index is 0.0736. The molecule has 22 N–H and O–H groups in total. The van der Waals surface area contributed by atoms with Gasteiger partial charge >= 0.3 is 0 Å². The van der Waals surface area contributed by atoms with Crippen molar-refractivity contribution in [1.82, 2.24) is 52.3 Å². The normalized spacial score (nSPS) is 16.8. The summed E-state index contributed by atoms with van der Waals surface area (Å²) in [6, 6.07) is 4.51. The van der Waals surface area contributed by atoms with Crippen molar-refractivity contribution in [2.45, 2.75) is 183 Å². The number of carbonyl (C=O) groups is 13. The van der Waals surface area contributed by atoms with Gasteiger partial charge in [-0.3, -0.25) is 67.3 Å². The van der Waals surface area contributed by atoms with Crippen LogP contribution >= 0.6 is 11.8 Å². The fourth-order valence-electron chi connectivity index (χ4n) is 11.0. The van der Waals surface area contributed by atoms with Gasteiger partial charge in [0.05, 0.1) is 12.6 Å². The van der Waals surface area contributed by atoms with E-state index in [2.05, 4.69) is 47.5 Å². The Bertz CT molecular complexity index is 2960. The number of nitrogens with zero attached hydrogens (tertiary/aromatic N) is 3. The van der Waals surface area contributed by atoms with Crippen LogP contribution in [0, 0.1) is 5.92 Å². The average Bonchev–Trinajstić information content (AvgIpc) is 1.74. The lowest BCUT2D eigenvalue weighted by atomic mass is 10.0. The Kier molecular flexibility index (Phi) is 33.9. The predicted octanol–water partition coefficient (Wildman–Crippen LogP) is -3.71. The van der Waals surface area contributed by atoms with Crippen LogP contribution in [0.15, 0.2) is 65.7 Å². The summed E-state index contributed by atoms with van der Waals surface area (Å²) >= 11 is 1.45. The van der Waals surface area contributed by atoms with Crippen LogP contribution in [0.3, 0.4) is 0 Å². The number of amides is 13. The molecule has 0 radical (unpaired) electrons. The van der Waals surface area contributed by atoms with Crippen LogP contribution < -0.4 is 82.7 Å². The number of hydrogen-bond acceptors (Lipinski definition) is 17. The number of likely N-dealkylation sites (tertiary alicyclic amines) is 2. The van der Waals surface area contributed by atoms with E-state index in [1.54, 1.807) is 60.7 Å². The summed E-state index contributed by atoms with van der Waals surface area (Å²) in [5, 5.41) is 21.1. The lowest BCUT2D eigenvalue weighted by Gasteiger charge is -2.32. The third-order valence-electron chi connectivity index (χ3n) is 16.0. The molecule has 2 heterocycles. The lowest BCUT2D eigenvalue weighted by molar-refractivity contribution is -0.144. The minimum Gasteiger partial charge on any atom is -0.370 e. The quantitative estimate of drug-likeness (QED) is 0.0173. The first-order valence-corrected chi connectivity index (χ1v) is 33.6. The molecule has 0 aromatic heterocycles. The number of guanidine groups is 1. The Morgan fingerprint density at radius 2 is 1.01 bits per heavy atom. The number of rotatable bonds is 42. The van der Waals surface area contributed by atoms with Crippen molar-refractivity contribution in [2.24, 2.45) is 51.0 Å². The molecule has 13 amide bonds. The van der Waals surface area contributed by atoms with Gasteiger partial charge in [0.15, 0.2) is 5.96 Å². The molecule has 524 valence electrons. The minimum atomic E-state index is -1.64. The van der Waals surface area contributed by atoms with Crippen molar-refractivity contribution in [3.63, 3.8) is 0 Å². The Labute approximate surface area is 558 Å². The van der Waals surface area contributed by atoms with Gasteiger partial charge in [-0.2, -0.15) is 11.8 Å². The first kappa shape index (κ1) is 78.5. The van der Waals surface area contributed by atoms with Gasteiger partial charge in [-0.15, -0.1) is 0 Å². The molecule has 2 aromatic rings. The van der Waals surface area contributed by atoms with E-state index in [4.69, 9.17) is 40.1 Å². The molecule has 0 saturated carbocycles. The van der Waals surface area contributed by atoms with Crippen LogP contribution in [-0.4, -0.2) is 198 Å². The molecule has 31 nitrogen and oxygen atoms in total. The van der Waals surface area contributed by atoms with E-state index in [0.29, 0.717) is 55.4 Å². The van der Waals surface area contributed by atoms with Crippen LogP contribution in [0.25, 0.3) is 0 Å². The number of hydrogen-bond donors (Lipinski definition) is 15. The van der Waals surface area contributed by atoms with E-state index >= 15 is 0 Å². The van der Waals surface area contributed by atoms with Crippen molar-refractivity contribution in [3.8, 4) is 0 Å². The largest absolute Gasteiger partial charge is 0.370 e. The maximum Gasteiger partial charge on any atom is 0.245 e. The zero-order chi connectivity index (χ0) is 70.1. The number of nitrogens with one attached hydrogen (secondary N) is 8. The second-order valence-corrected chi connectivity index (χ2v) is 25.1. The highest BCUT2D eigenvalue weighted by Crippen LogP contribution is 2.24. The van der Waals surface area contributed by atoms with Crippen molar-refractivity contribution >= 4 is 94.5 Å². The van der Waals surface area contributed by atoms with E-state index in [1.807, 2.05) is 20.1 Å². The van der Waals surface area contributed by atoms with Gasteiger partial charge in [-0.05, 0) is 119 Å². The summed E-state index contributed by atoms with van der Waals surface area (Å²) in [6.07, 6.45) is 3.12. The average molecular weight is 1350 g/mol. The van der Waals surface area contributed by atoms with Crippen LogP contribution in [0.5, 0.6) is 0 Å². The molecule has 10 atom stereocenters. The van der Waals surface area contributed by atoms with E-state index in [-0.39, 0.29) is 83.0 Å². The Balaban J connectivity index is 1.56. The standard InChI is InChI=1S/C63H98N18O13S/c1-37(2)33-45(57(89)74-41(53(68)85)27-32-95-3)73-52(84)36-72-54(86)46(34-38-15-6-4-7-16-38)78-58(90)47(35-39-17-8-5-9-18-39)79-56(88)42(23-25-50(66)82)75-55(87)43(24-26-51(67)83)76-59(91)49-22-14-31-81(49)62(94)44(20-10-11-28-64)77-60(92)48-21-13-30-80(48)61(93)40(65)19-12-29-71-63(69)70/h4-9,15-18,37,40-49H,10-14,19-36,64-65H2,1-3H3,(H2,66,82)(H2,67,83)(H2,68,85)(H,72,86)(H,73,84)(H,74,89)(H,75,87)(H,76,91)(H,77,92)(H,78,90)(H,79,88)(H4,69,70,71)/t40-,41-,42+,43-,44+,45+,46-,47+,48-,49+/m0/s1. The second kappa shape index (κ2) is 41.0. The second-order valence-electron chi connectivity index (χ2n) is 24.1. The first-order valence-electron chi connectivity index (χ1n) is 32.2.